The summed E-state index contributed by atoms with van der Waals surface area (Å²) in [4.78, 5) is 4.29. The zero-order chi connectivity index (χ0) is 11.4. The molecule has 6 heteroatoms. The van der Waals surface area contributed by atoms with Crippen LogP contribution in [0.5, 0.6) is 0 Å². The fourth-order valence-electron chi connectivity index (χ4n) is 1.94. The maximum atomic E-state index is 9.81. The van der Waals surface area contributed by atoms with Gasteiger partial charge in [-0.1, -0.05) is 12.8 Å². The standard InChI is InChI=1S/C10H17N3O2S/c1-15-6-9-12-10(16-13-9)11-7-4-2-3-5-8(7)14/h7-8,14H,2-6H2,1H3,(H,11,12,13)/t7-,8-/m0/s1. The van der Waals surface area contributed by atoms with Crippen LogP contribution in [0, 0.1) is 0 Å². The first-order chi connectivity index (χ1) is 7.79. The molecule has 0 amide bonds. The molecule has 1 heterocycles. The predicted octanol–water partition coefficient (Wildman–Crippen LogP) is 1.40. The first-order valence-corrected chi connectivity index (χ1v) is 6.33. The van der Waals surface area contributed by atoms with E-state index in [1.54, 1.807) is 7.11 Å². The smallest absolute Gasteiger partial charge is 0.202 e. The van der Waals surface area contributed by atoms with Gasteiger partial charge in [0.25, 0.3) is 0 Å². The second kappa shape index (κ2) is 5.56. The SMILES string of the molecule is COCc1nsc(N[C@H]2CCCC[C@@H]2O)n1. The zero-order valence-corrected chi connectivity index (χ0v) is 10.2. The number of aliphatic hydroxyl groups is 1. The Balaban J connectivity index is 1.91. The van der Waals surface area contributed by atoms with Gasteiger partial charge in [-0.3, -0.25) is 0 Å². The second-order valence-corrected chi connectivity index (χ2v) is 4.80. The normalized spacial score (nSPS) is 25.6. The maximum Gasteiger partial charge on any atom is 0.202 e. The molecule has 0 bridgehead atoms. The van der Waals surface area contributed by atoms with Gasteiger partial charge in [-0.2, -0.15) is 4.37 Å². The number of nitrogens with zero attached hydrogens (tertiary/aromatic N) is 2. The van der Waals surface area contributed by atoms with Gasteiger partial charge in [-0.05, 0) is 12.8 Å². The number of ether oxygens (including phenoxy) is 1. The number of nitrogens with one attached hydrogen (secondary N) is 1. The van der Waals surface area contributed by atoms with Crippen molar-refractivity contribution in [3.63, 3.8) is 0 Å². The van der Waals surface area contributed by atoms with Gasteiger partial charge in [0.15, 0.2) is 5.82 Å². The molecule has 1 aliphatic rings. The average molecular weight is 243 g/mol. The highest BCUT2D eigenvalue weighted by molar-refractivity contribution is 7.09. The maximum absolute atomic E-state index is 9.81. The van der Waals surface area contributed by atoms with E-state index in [2.05, 4.69) is 14.7 Å². The Morgan fingerprint density at radius 1 is 1.50 bits per heavy atom. The van der Waals surface area contributed by atoms with E-state index >= 15 is 0 Å². The third-order valence-corrected chi connectivity index (χ3v) is 3.46. The quantitative estimate of drug-likeness (QED) is 0.836. The number of rotatable bonds is 4. The largest absolute Gasteiger partial charge is 0.391 e. The lowest BCUT2D eigenvalue weighted by molar-refractivity contribution is 0.116. The minimum absolute atomic E-state index is 0.122. The van der Waals surface area contributed by atoms with Crippen LogP contribution >= 0.6 is 11.5 Å². The van der Waals surface area contributed by atoms with Crippen LogP contribution in [0.15, 0.2) is 0 Å². The van der Waals surface area contributed by atoms with E-state index in [-0.39, 0.29) is 12.1 Å². The van der Waals surface area contributed by atoms with Crippen molar-refractivity contribution in [2.75, 3.05) is 12.4 Å². The summed E-state index contributed by atoms with van der Waals surface area (Å²) < 4.78 is 9.11. The van der Waals surface area contributed by atoms with Crippen LogP contribution < -0.4 is 5.32 Å². The lowest BCUT2D eigenvalue weighted by atomic mass is 9.93. The molecule has 0 unspecified atom stereocenters. The molecule has 16 heavy (non-hydrogen) atoms. The molecular formula is C10H17N3O2S. The number of methoxy groups -OCH3 is 1. The minimum atomic E-state index is -0.261. The van der Waals surface area contributed by atoms with Crippen LogP contribution in [0.1, 0.15) is 31.5 Å². The van der Waals surface area contributed by atoms with Crippen molar-refractivity contribution >= 4 is 16.7 Å². The van der Waals surface area contributed by atoms with Crippen LogP contribution in [0.2, 0.25) is 0 Å². The molecule has 1 aliphatic carbocycles. The molecule has 1 fully saturated rings. The van der Waals surface area contributed by atoms with Gasteiger partial charge >= 0.3 is 0 Å². The molecular weight excluding hydrogens is 226 g/mol. The van der Waals surface area contributed by atoms with Gasteiger partial charge < -0.3 is 15.2 Å². The average Bonchev–Trinajstić information content (AvgIpc) is 2.70. The number of anilines is 1. The summed E-state index contributed by atoms with van der Waals surface area (Å²) >= 11 is 1.32. The van der Waals surface area contributed by atoms with Gasteiger partial charge in [0.1, 0.15) is 6.61 Å². The molecule has 0 saturated heterocycles. The highest BCUT2D eigenvalue weighted by Gasteiger charge is 2.23. The third-order valence-electron chi connectivity index (χ3n) is 2.78. The topological polar surface area (TPSA) is 67.3 Å². The van der Waals surface area contributed by atoms with Crippen molar-refractivity contribution in [3.8, 4) is 0 Å². The highest BCUT2D eigenvalue weighted by atomic mass is 32.1. The van der Waals surface area contributed by atoms with E-state index in [0.29, 0.717) is 12.4 Å². The van der Waals surface area contributed by atoms with Crippen LogP contribution in [0.25, 0.3) is 0 Å². The lowest BCUT2D eigenvalue weighted by Crippen LogP contribution is -2.36. The van der Waals surface area contributed by atoms with Crippen molar-refractivity contribution in [1.29, 1.82) is 0 Å². The van der Waals surface area contributed by atoms with E-state index in [4.69, 9.17) is 4.74 Å². The summed E-state index contributed by atoms with van der Waals surface area (Å²) in [6.07, 6.45) is 3.90. The van der Waals surface area contributed by atoms with Crippen LogP contribution in [-0.4, -0.2) is 33.7 Å². The molecule has 2 N–H and O–H groups in total. The van der Waals surface area contributed by atoms with Crippen LogP contribution in [-0.2, 0) is 11.3 Å². The molecule has 0 aliphatic heterocycles. The van der Waals surface area contributed by atoms with E-state index in [0.717, 1.165) is 24.4 Å². The molecule has 5 nitrogen and oxygen atoms in total. The van der Waals surface area contributed by atoms with Crippen molar-refractivity contribution < 1.29 is 9.84 Å². The first kappa shape index (κ1) is 11.8. The Labute approximate surface area is 99.0 Å². The van der Waals surface area contributed by atoms with Gasteiger partial charge in [0.05, 0.1) is 12.1 Å². The summed E-state index contributed by atoms with van der Waals surface area (Å²) in [7, 11) is 1.62. The van der Waals surface area contributed by atoms with Crippen molar-refractivity contribution in [2.24, 2.45) is 0 Å². The fourth-order valence-corrected chi connectivity index (χ4v) is 2.57. The van der Waals surface area contributed by atoms with E-state index in [9.17, 15) is 5.11 Å². The van der Waals surface area contributed by atoms with Crippen LogP contribution in [0.4, 0.5) is 5.13 Å². The molecule has 2 atom stereocenters. The highest BCUT2D eigenvalue weighted by Crippen LogP contribution is 2.23. The summed E-state index contributed by atoms with van der Waals surface area (Å²) in [6.45, 7) is 0.436. The first-order valence-electron chi connectivity index (χ1n) is 5.55. The van der Waals surface area contributed by atoms with E-state index in [1.807, 2.05) is 0 Å². The Hall–Kier alpha value is -0.720. The molecule has 2 rings (SSSR count). The van der Waals surface area contributed by atoms with Gasteiger partial charge in [-0.25, -0.2) is 4.98 Å². The summed E-state index contributed by atoms with van der Waals surface area (Å²) in [6, 6.07) is 0.122. The van der Waals surface area contributed by atoms with E-state index < -0.39 is 0 Å². The Kier molecular flexibility index (Phi) is 4.09. The van der Waals surface area contributed by atoms with Crippen molar-refractivity contribution in [1.82, 2.24) is 9.36 Å². The Bertz CT molecular complexity index is 332. The Morgan fingerprint density at radius 3 is 3.06 bits per heavy atom. The van der Waals surface area contributed by atoms with Crippen LogP contribution in [0.3, 0.4) is 0 Å². The lowest BCUT2D eigenvalue weighted by Gasteiger charge is -2.27. The molecule has 1 aromatic rings. The fraction of sp³-hybridized carbons (Fsp3) is 0.800. The Morgan fingerprint density at radius 2 is 2.31 bits per heavy atom. The number of aromatic nitrogens is 2. The predicted molar refractivity (Wildman–Crippen MR) is 62.5 cm³/mol. The minimum Gasteiger partial charge on any atom is -0.391 e. The molecule has 0 radical (unpaired) electrons. The summed E-state index contributed by atoms with van der Waals surface area (Å²) in [5, 5.41) is 13.8. The second-order valence-electron chi connectivity index (χ2n) is 4.05. The van der Waals surface area contributed by atoms with Crippen molar-refractivity contribution in [3.05, 3.63) is 5.82 Å². The van der Waals surface area contributed by atoms with Crippen molar-refractivity contribution in [2.45, 2.75) is 44.4 Å². The molecule has 0 aromatic carbocycles. The van der Waals surface area contributed by atoms with Gasteiger partial charge in [-0.15, -0.1) is 0 Å². The van der Waals surface area contributed by atoms with Gasteiger partial charge in [0, 0.05) is 18.6 Å². The van der Waals surface area contributed by atoms with Gasteiger partial charge in [0.2, 0.25) is 5.13 Å². The molecule has 1 saturated carbocycles. The molecule has 0 spiro atoms. The molecule has 1 aromatic heterocycles. The number of hydrogen-bond donors (Lipinski definition) is 2. The number of aliphatic hydroxyl groups excluding tert-OH is 1. The zero-order valence-electron chi connectivity index (χ0n) is 9.35. The number of hydrogen-bond acceptors (Lipinski definition) is 6. The summed E-state index contributed by atoms with van der Waals surface area (Å²) in [5.74, 6) is 0.695. The van der Waals surface area contributed by atoms with E-state index in [1.165, 1.54) is 18.0 Å². The third kappa shape index (κ3) is 2.90. The monoisotopic (exact) mass is 243 g/mol. The molecule has 90 valence electrons. The summed E-state index contributed by atoms with van der Waals surface area (Å²) in [5.41, 5.74) is 0.